The van der Waals surface area contributed by atoms with Crippen molar-refractivity contribution < 1.29 is 18.0 Å². The van der Waals surface area contributed by atoms with Gasteiger partial charge in [-0.1, -0.05) is 0 Å². The predicted molar refractivity (Wildman–Crippen MR) is 64.9 cm³/mol. The van der Waals surface area contributed by atoms with Crippen molar-refractivity contribution in [1.82, 2.24) is 5.32 Å². The van der Waals surface area contributed by atoms with E-state index in [2.05, 4.69) is 5.32 Å². The molecule has 18 heavy (non-hydrogen) atoms. The maximum atomic E-state index is 11.9. The molecule has 0 aliphatic rings. The van der Waals surface area contributed by atoms with Gasteiger partial charge in [-0.15, -0.1) is 11.3 Å². The number of carbonyl (C=O) groups excluding carboxylic acids is 1. The molecule has 3 nitrogen and oxygen atoms in total. The van der Waals surface area contributed by atoms with Crippen LogP contribution in [0.2, 0.25) is 0 Å². The minimum atomic E-state index is -4.41. The Kier molecular flexibility index (Phi) is 3.42. The lowest BCUT2D eigenvalue weighted by Gasteiger charge is -2.09. The first-order chi connectivity index (χ1) is 8.44. The van der Waals surface area contributed by atoms with Gasteiger partial charge in [0.15, 0.2) is 0 Å². The standard InChI is InChI=1S/C11H9F3N2OS/c12-11(13,14)6-15-10(17)16-8-1-2-9-7(5-8)3-4-18-9/h1-5H,6H2,(H2,15,16,17). The second-order valence-corrected chi connectivity index (χ2v) is 4.54. The molecule has 2 rings (SSSR count). The Morgan fingerprint density at radius 2 is 2.06 bits per heavy atom. The van der Waals surface area contributed by atoms with Gasteiger partial charge in [0.05, 0.1) is 0 Å². The number of thiophene rings is 1. The molecule has 0 bridgehead atoms. The van der Waals surface area contributed by atoms with Crippen LogP contribution in [-0.4, -0.2) is 18.8 Å². The molecule has 1 heterocycles. The smallest absolute Gasteiger partial charge is 0.329 e. The van der Waals surface area contributed by atoms with Crippen LogP contribution in [0, 0.1) is 0 Å². The van der Waals surface area contributed by atoms with Gasteiger partial charge in [-0.05, 0) is 35.0 Å². The molecule has 0 fully saturated rings. The predicted octanol–water partition coefficient (Wildman–Crippen LogP) is 3.59. The number of hydrogen-bond donors (Lipinski definition) is 2. The summed E-state index contributed by atoms with van der Waals surface area (Å²) in [6.07, 6.45) is -4.41. The average molecular weight is 274 g/mol. The Bertz CT molecular complexity index is 565. The van der Waals surface area contributed by atoms with Gasteiger partial charge in [0.25, 0.3) is 0 Å². The van der Waals surface area contributed by atoms with Crippen LogP contribution < -0.4 is 10.6 Å². The molecule has 0 saturated heterocycles. The topological polar surface area (TPSA) is 41.1 Å². The second kappa shape index (κ2) is 4.85. The number of fused-ring (bicyclic) bond motifs is 1. The van der Waals surface area contributed by atoms with Gasteiger partial charge in [-0.3, -0.25) is 0 Å². The summed E-state index contributed by atoms with van der Waals surface area (Å²) in [6, 6.07) is 6.16. The second-order valence-electron chi connectivity index (χ2n) is 3.60. The first-order valence-corrected chi connectivity index (χ1v) is 5.91. The molecule has 0 saturated carbocycles. The highest BCUT2D eigenvalue weighted by Gasteiger charge is 2.27. The van der Waals surface area contributed by atoms with Crippen molar-refractivity contribution in [1.29, 1.82) is 0 Å². The average Bonchev–Trinajstić information content (AvgIpc) is 2.72. The zero-order valence-corrected chi connectivity index (χ0v) is 9.86. The molecule has 2 N–H and O–H groups in total. The molecular formula is C11H9F3N2OS. The molecule has 1 aromatic heterocycles. The van der Waals surface area contributed by atoms with Crippen LogP contribution in [0.5, 0.6) is 0 Å². The van der Waals surface area contributed by atoms with Crippen LogP contribution in [-0.2, 0) is 0 Å². The molecule has 0 radical (unpaired) electrons. The molecule has 2 aromatic rings. The van der Waals surface area contributed by atoms with E-state index in [1.165, 1.54) is 0 Å². The number of benzene rings is 1. The molecule has 7 heteroatoms. The largest absolute Gasteiger partial charge is 0.405 e. The van der Waals surface area contributed by atoms with E-state index in [0.29, 0.717) is 5.69 Å². The number of urea groups is 1. The van der Waals surface area contributed by atoms with Crippen molar-refractivity contribution in [2.75, 3.05) is 11.9 Å². The minimum absolute atomic E-state index is 0.459. The Labute approximate surface area is 105 Å². The van der Waals surface area contributed by atoms with Crippen molar-refractivity contribution in [3.05, 3.63) is 29.6 Å². The van der Waals surface area contributed by atoms with Gasteiger partial charge in [-0.25, -0.2) is 4.79 Å². The van der Waals surface area contributed by atoms with Gasteiger partial charge in [0, 0.05) is 10.4 Å². The highest BCUT2D eigenvalue weighted by molar-refractivity contribution is 7.17. The molecule has 1 aromatic carbocycles. The van der Waals surface area contributed by atoms with E-state index in [-0.39, 0.29) is 0 Å². The number of halogens is 3. The van der Waals surface area contributed by atoms with E-state index in [0.717, 1.165) is 10.1 Å². The van der Waals surface area contributed by atoms with Gasteiger partial charge >= 0.3 is 12.2 Å². The molecule has 2 amide bonds. The van der Waals surface area contributed by atoms with Crippen LogP contribution in [0.15, 0.2) is 29.6 Å². The van der Waals surface area contributed by atoms with Crippen LogP contribution in [0.4, 0.5) is 23.7 Å². The lowest BCUT2D eigenvalue weighted by atomic mass is 10.2. The monoisotopic (exact) mass is 274 g/mol. The van der Waals surface area contributed by atoms with Crippen molar-refractivity contribution in [3.63, 3.8) is 0 Å². The van der Waals surface area contributed by atoms with E-state index >= 15 is 0 Å². The fourth-order valence-corrected chi connectivity index (χ4v) is 2.17. The summed E-state index contributed by atoms with van der Waals surface area (Å²) in [5.74, 6) is 0. The molecule has 0 unspecified atom stereocenters. The number of nitrogens with one attached hydrogen (secondary N) is 2. The molecule has 0 aliphatic heterocycles. The van der Waals surface area contributed by atoms with Gasteiger partial charge in [0.2, 0.25) is 0 Å². The lowest BCUT2D eigenvalue weighted by molar-refractivity contribution is -0.122. The fourth-order valence-electron chi connectivity index (χ4n) is 1.40. The van der Waals surface area contributed by atoms with Crippen LogP contribution in [0.25, 0.3) is 10.1 Å². The zero-order chi connectivity index (χ0) is 13.2. The summed E-state index contributed by atoms with van der Waals surface area (Å²) in [5, 5.41) is 6.93. The SMILES string of the molecule is O=C(NCC(F)(F)F)Nc1ccc2sccc2c1. The van der Waals surface area contributed by atoms with Crippen LogP contribution >= 0.6 is 11.3 Å². The Morgan fingerprint density at radius 3 is 2.78 bits per heavy atom. The summed E-state index contributed by atoms with van der Waals surface area (Å²) in [4.78, 5) is 11.2. The summed E-state index contributed by atoms with van der Waals surface area (Å²) < 4.78 is 36.7. The van der Waals surface area contributed by atoms with E-state index < -0.39 is 18.8 Å². The zero-order valence-electron chi connectivity index (χ0n) is 9.04. The Balaban J connectivity index is 1.98. The molecule has 96 valence electrons. The maximum absolute atomic E-state index is 11.9. The number of amides is 2. The summed E-state index contributed by atoms with van der Waals surface area (Å²) >= 11 is 1.55. The fraction of sp³-hybridized carbons (Fsp3) is 0.182. The van der Waals surface area contributed by atoms with Gasteiger partial charge in [-0.2, -0.15) is 13.2 Å². The van der Waals surface area contributed by atoms with E-state index in [9.17, 15) is 18.0 Å². The van der Waals surface area contributed by atoms with Gasteiger partial charge in [0.1, 0.15) is 6.54 Å². The van der Waals surface area contributed by atoms with Gasteiger partial charge < -0.3 is 10.6 Å². The highest BCUT2D eigenvalue weighted by Crippen LogP contribution is 2.23. The molecule has 0 aliphatic carbocycles. The first-order valence-electron chi connectivity index (χ1n) is 5.03. The Morgan fingerprint density at radius 1 is 1.28 bits per heavy atom. The summed E-state index contributed by atoms with van der Waals surface area (Å²) in [7, 11) is 0. The normalized spacial score (nSPS) is 11.5. The third-order valence-corrected chi connectivity index (χ3v) is 3.06. The maximum Gasteiger partial charge on any atom is 0.405 e. The minimum Gasteiger partial charge on any atom is -0.329 e. The van der Waals surface area contributed by atoms with E-state index in [1.54, 1.807) is 34.9 Å². The third-order valence-electron chi connectivity index (χ3n) is 2.16. The van der Waals surface area contributed by atoms with Crippen molar-refractivity contribution in [3.8, 4) is 0 Å². The quantitative estimate of drug-likeness (QED) is 0.863. The van der Waals surface area contributed by atoms with Crippen LogP contribution in [0.1, 0.15) is 0 Å². The molecular weight excluding hydrogens is 265 g/mol. The summed E-state index contributed by atoms with van der Waals surface area (Å²) in [6.45, 7) is -1.35. The lowest BCUT2D eigenvalue weighted by Crippen LogP contribution is -2.36. The highest BCUT2D eigenvalue weighted by atomic mass is 32.1. The third kappa shape index (κ3) is 3.36. The van der Waals surface area contributed by atoms with E-state index in [1.807, 2.05) is 11.4 Å². The van der Waals surface area contributed by atoms with Crippen molar-refractivity contribution in [2.45, 2.75) is 6.18 Å². The number of carbonyl (C=O) groups is 1. The first kappa shape index (κ1) is 12.7. The van der Waals surface area contributed by atoms with Crippen LogP contribution in [0.3, 0.4) is 0 Å². The number of rotatable bonds is 2. The molecule has 0 atom stereocenters. The number of hydrogen-bond acceptors (Lipinski definition) is 2. The number of anilines is 1. The number of alkyl halides is 3. The van der Waals surface area contributed by atoms with Crippen molar-refractivity contribution in [2.24, 2.45) is 0 Å². The summed E-state index contributed by atoms with van der Waals surface area (Å²) in [5.41, 5.74) is 0.459. The molecule has 0 spiro atoms. The van der Waals surface area contributed by atoms with E-state index in [4.69, 9.17) is 0 Å². The van der Waals surface area contributed by atoms with Crippen molar-refractivity contribution >= 4 is 33.1 Å². The Hall–Kier alpha value is -1.76.